The molecule has 0 bridgehead atoms. The first-order chi connectivity index (χ1) is 8.94. The predicted octanol–water partition coefficient (Wildman–Crippen LogP) is 1.79. The van der Waals surface area contributed by atoms with Gasteiger partial charge in [-0.2, -0.15) is 0 Å². The molecule has 1 aliphatic heterocycles. The first-order valence-corrected chi connectivity index (χ1v) is 7.60. The third kappa shape index (κ3) is 5.49. The highest BCUT2D eigenvalue weighted by Gasteiger charge is 2.33. The quantitative estimate of drug-likeness (QED) is 0.772. The molecule has 1 saturated carbocycles. The molecule has 2 aliphatic rings. The number of carbonyl (C=O) groups excluding carboxylic acids is 1. The minimum absolute atomic E-state index is 0.0804. The number of nitrogens with one attached hydrogen (secondary N) is 1. The van der Waals surface area contributed by atoms with Gasteiger partial charge in [0, 0.05) is 12.6 Å². The summed E-state index contributed by atoms with van der Waals surface area (Å²) in [6, 6.07) is 0.620. The fourth-order valence-electron chi connectivity index (χ4n) is 2.73. The van der Waals surface area contributed by atoms with E-state index < -0.39 is 0 Å². The van der Waals surface area contributed by atoms with Gasteiger partial charge in [-0.05, 0) is 65.5 Å². The molecule has 0 aromatic rings. The highest BCUT2D eigenvalue weighted by Crippen LogP contribution is 2.28. The smallest absolute Gasteiger partial charge is 0.320 e. The Labute approximate surface area is 116 Å². The maximum Gasteiger partial charge on any atom is 0.320 e. The van der Waals surface area contributed by atoms with Gasteiger partial charge < -0.3 is 10.1 Å². The lowest BCUT2D eigenvalue weighted by Gasteiger charge is -2.30. The van der Waals surface area contributed by atoms with Crippen LogP contribution in [-0.2, 0) is 9.53 Å². The molecule has 4 heteroatoms. The monoisotopic (exact) mass is 268 g/mol. The van der Waals surface area contributed by atoms with E-state index in [4.69, 9.17) is 4.74 Å². The Kier molecular flexibility index (Phi) is 4.85. The number of piperidine rings is 1. The summed E-state index contributed by atoms with van der Waals surface area (Å²) in [7, 11) is 0. The average molecular weight is 268 g/mol. The van der Waals surface area contributed by atoms with Crippen molar-refractivity contribution in [2.24, 2.45) is 5.92 Å². The van der Waals surface area contributed by atoms with Gasteiger partial charge >= 0.3 is 5.97 Å². The second kappa shape index (κ2) is 6.23. The second-order valence-corrected chi connectivity index (χ2v) is 6.96. The molecule has 0 aromatic heterocycles. The van der Waals surface area contributed by atoms with Gasteiger partial charge in [0.1, 0.15) is 5.60 Å². The van der Waals surface area contributed by atoms with Gasteiger partial charge in [-0.25, -0.2) is 0 Å². The molecule has 1 heterocycles. The molecule has 0 amide bonds. The van der Waals surface area contributed by atoms with Crippen molar-refractivity contribution in [3.8, 4) is 0 Å². The maximum absolute atomic E-state index is 12.0. The molecule has 0 spiro atoms. The first-order valence-electron chi connectivity index (χ1n) is 7.60. The molecule has 1 saturated heterocycles. The Morgan fingerprint density at radius 1 is 1.32 bits per heavy atom. The summed E-state index contributed by atoms with van der Waals surface area (Å²) in [5.74, 6) is 0.611. The van der Waals surface area contributed by atoms with Gasteiger partial charge in [-0.15, -0.1) is 0 Å². The standard InChI is InChI=1S/C15H28N2O2/c1-15(2,3)19-14(18)11-17(13-6-7-13)10-12-5-4-8-16-9-12/h12-13,16H,4-11H2,1-3H3. The molecule has 0 radical (unpaired) electrons. The zero-order chi connectivity index (χ0) is 13.9. The van der Waals surface area contributed by atoms with E-state index in [0.717, 1.165) is 19.6 Å². The molecule has 4 nitrogen and oxygen atoms in total. The summed E-state index contributed by atoms with van der Waals surface area (Å²) >= 11 is 0. The van der Waals surface area contributed by atoms with Crippen molar-refractivity contribution in [2.75, 3.05) is 26.2 Å². The first kappa shape index (κ1) is 14.8. The number of carbonyl (C=O) groups is 1. The van der Waals surface area contributed by atoms with Gasteiger partial charge in [0.05, 0.1) is 6.54 Å². The fraction of sp³-hybridized carbons (Fsp3) is 0.933. The zero-order valence-corrected chi connectivity index (χ0v) is 12.6. The number of nitrogens with zero attached hydrogens (tertiary/aromatic N) is 1. The molecule has 0 aromatic carbocycles. The molecule has 19 heavy (non-hydrogen) atoms. The lowest BCUT2D eigenvalue weighted by atomic mass is 9.99. The summed E-state index contributed by atoms with van der Waals surface area (Å²) in [5, 5.41) is 3.45. The highest BCUT2D eigenvalue weighted by molar-refractivity contribution is 5.72. The lowest BCUT2D eigenvalue weighted by Crippen LogP contribution is -2.42. The van der Waals surface area contributed by atoms with Gasteiger partial charge in [0.15, 0.2) is 0 Å². The summed E-state index contributed by atoms with van der Waals surface area (Å²) in [6.45, 7) is 9.52. The van der Waals surface area contributed by atoms with Crippen LogP contribution in [0.25, 0.3) is 0 Å². The van der Waals surface area contributed by atoms with Crippen LogP contribution in [0.3, 0.4) is 0 Å². The van der Waals surface area contributed by atoms with Crippen molar-refractivity contribution in [1.82, 2.24) is 10.2 Å². The average Bonchev–Trinajstić information content (AvgIpc) is 3.10. The summed E-state index contributed by atoms with van der Waals surface area (Å²) < 4.78 is 5.44. The molecular weight excluding hydrogens is 240 g/mol. The van der Waals surface area contributed by atoms with E-state index in [9.17, 15) is 4.79 Å². The SMILES string of the molecule is CC(C)(C)OC(=O)CN(CC1CCCNC1)C1CC1. The highest BCUT2D eigenvalue weighted by atomic mass is 16.6. The fourth-order valence-corrected chi connectivity index (χ4v) is 2.73. The molecule has 110 valence electrons. The van der Waals surface area contributed by atoms with Crippen molar-refractivity contribution in [2.45, 2.75) is 58.1 Å². The van der Waals surface area contributed by atoms with E-state index in [1.165, 1.54) is 25.7 Å². The Bertz CT molecular complexity index is 302. The second-order valence-electron chi connectivity index (χ2n) is 6.96. The van der Waals surface area contributed by atoms with Crippen LogP contribution < -0.4 is 5.32 Å². The van der Waals surface area contributed by atoms with Crippen molar-refractivity contribution < 1.29 is 9.53 Å². The molecule has 2 fully saturated rings. The minimum atomic E-state index is -0.376. The van der Waals surface area contributed by atoms with Crippen LogP contribution in [0.4, 0.5) is 0 Å². The van der Waals surface area contributed by atoms with E-state index in [2.05, 4.69) is 10.2 Å². The van der Waals surface area contributed by atoms with Crippen LogP contribution in [0.2, 0.25) is 0 Å². The van der Waals surface area contributed by atoms with Crippen LogP contribution in [0.15, 0.2) is 0 Å². The maximum atomic E-state index is 12.0. The summed E-state index contributed by atoms with van der Waals surface area (Å²) in [6.07, 6.45) is 5.02. The Morgan fingerprint density at radius 2 is 2.05 bits per heavy atom. The normalized spacial score (nSPS) is 24.5. The summed E-state index contributed by atoms with van der Waals surface area (Å²) in [5.41, 5.74) is -0.376. The van der Waals surface area contributed by atoms with E-state index >= 15 is 0 Å². The van der Waals surface area contributed by atoms with Gasteiger partial charge in [-0.3, -0.25) is 9.69 Å². The largest absolute Gasteiger partial charge is 0.459 e. The van der Waals surface area contributed by atoms with Gasteiger partial charge in [0.2, 0.25) is 0 Å². The number of hydrogen-bond acceptors (Lipinski definition) is 4. The zero-order valence-electron chi connectivity index (χ0n) is 12.6. The summed E-state index contributed by atoms with van der Waals surface area (Å²) in [4.78, 5) is 14.3. The number of rotatable bonds is 5. The van der Waals surface area contributed by atoms with Gasteiger partial charge in [-0.1, -0.05) is 0 Å². The Balaban J connectivity index is 1.80. The van der Waals surface area contributed by atoms with E-state index in [1.54, 1.807) is 0 Å². The topological polar surface area (TPSA) is 41.6 Å². The van der Waals surface area contributed by atoms with Crippen LogP contribution in [0.1, 0.15) is 46.5 Å². The van der Waals surface area contributed by atoms with E-state index in [1.807, 2.05) is 20.8 Å². The molecular formula is C15H28N2O2. The predicted molar refractivity (Wildman–Crippen MR) is 76.0 cm³/mol. The van der Waals surface area contributed by atoms with Crippen LogP contribution >= 0.6 is 0 Å². The molecule has 1 atom stereocenters. The van der Waals surface area contributed by atoms with Crippen molar-refractivity contribution in [1.29, 1.82) is 0 Å². The number of ether oxygens (including phenoxy) is 1. The van der Waals surface area contributed by atoms with E-state index in [0.29, 0.717) is 18.5 Å². The molecule has 1 aliphatic carbocycles. The van der Waals surface area contributed by atoms with Crippen molar-refractivity contribution in [3.05, 3.63) is 0 Å². The van der Waals surface area contributed by atoms with Gasteiger partial charge in [0.25, 0.3) is 0 Å². The minimum Gasteiger partial charge on any atom is -0.459 e. The van der Waals surface area contributed by atoms with Crippen LogP contribution in [0, 0.1) is 5.92 Å². The molecule has 1 N–H and O–H groups in total. The van der Waals surface area contributed by atoms with E-state index in [-0.39, 0.29) is 11.6 Å². The molecule has 2 rings (SSSR count). The Morgan fingerprint density at radius 3 is 2.58 bits per heavy atom. The van der Waals surface area contributed by atoms with Crippen molar-refractivity contribution in [3.63, 3.8) is 0 Å². The van der Waals surface area contributed by atoms with Crippen LogP contribution in [0.5, 0.6) is 0 Å². The third-order valence-electron chi connectivity index (χ3n) is 3.71. The van der Waals surface area contributed by atoms with Crippen LogP contribution in [-0.4, -0.2) is 48.7 Å². The third-order valence-corrected chi connectivity index (χ3v) is 3.71. The number of hydrogen-bond donors (Lipinski definition) is 1. The molecule has 1 unspecified atom stereocenters. The lowest BCUT2D eigenvalue weighted by molar-refractivity contribution is -0.156. The number of esters is 1. The Hall–Kier alpha value is -0.610. The van der Waals surface area contributed by atoms with Crippen molar-refractivity contribution >= 4 is 5.97 Å².